The molecule has 2 N–H and O–H groups in total. The van der Waals surface area contributed by atoms with Gasteiger partial charge in [0.25, 0.3) is 5.91 Å². The Kier molecular flexibility index (Phi) is 6.41. The number of rotatable bonds is 6. The minimum absolute atomic E-state index is 0.00706. The van der Waals surface area contributed by atoms with Gasteiger partial charge in [-0.2, -0.15) is 0 Å². The van der Waals surface area contributed by atoms with Gasteiger partial charge in [-0.1, -0.05) is 24.3 Å². The number of amides is 2. The van der Waals surface area contributed by atoms with E-state index in [2.05, 4.69) is 4.98 Å². The highest BCUT2D eigenvalue weighted by Crippen LogP contribution is 2.23. The fourth-order valence-corrected chi connectivity index (χ4v) is 4.31. The molecule has 3 heterocycles. The molecule has 9 nitrogen and oxygen atoms in total. The van der Waals surface area contributed by atoms with E-state index >= 15 is 0 Å². The molecule has 1 aromatic carbocycles. The van der Waals surface area contributed by atoms with Gasteiger partial charge in [0.1, 0.15) is 0 Å². The Labute approximate surface area is 189 Å². The molecule has 1 aliphatic rings. The molecule has 1 fully saturated rings. The van der Waals surface area contributed by atoms with E-state index in [1.807, 2.05) is 0 Å². The van der Waals surface area contributed by atoms with Crippen molar-refractivity contribution in [3.8, 4) is 0 Å². The number of likely N-dealkylation sites (tertiary alicyclic amines) is 1. The number of hydrogen-bond acceptors (Lipinski definition) is 6. The summed E-state index contributed by atoms with van der Waals surface area (Å²) in [5.41, 5.74) is 0.439. The number of nitrogens with zero attached hydrogens (tertiary/aromatic N) is 2. The number of aryl methyl sites for hydroxylation is 1. The zero-order valence-electron chi connectivity index (χ0n) is 18.2. The predicted molar refractivity (Wildman–Crippen MR) is 121 cm³/mol. The second kappa shape index (κ2) is 9.41. The molecule has 0 saturated carbocycles. The summed E-state index contributed by atoms with van der Waals surface area (Å²) in [6, 6.07) is 9.65. The minimum Gasteiger partial charge on any atom is -0.417 e. The Morgan fingerprint density at radius 1 is 1.18 bits per heavy atom. The van der Waals surface area contributed by atoms with Crippen molar-refractivity contribution < 1.29 is 19.1 Å². The number of carbonyl (C=O) groups excluding carboxylic acids is 2. The first-order chi connectivity index (χ1) is 15.9. The van der Waals surface area contributed by atoms with Crippen molar-refractivity contribution in [1.29, 1.82) is 0 Å². The van der Waals surface area contributed by atoms with Crippen LogP contribution in [0, 0.1) is 6.92 Å². The third-order valence-corrected chi connectivity index (χ3v) is 6.04. The molecule has 2 amide bonds. The van der Waals surface area contributed by atoms with Gasteiger partial charge in [-0.15, -0.1) is 0 Å². The van der Waals surface area contributed by atoms with Crippen LogP contribution in [0.5, 0.6) is 0 Å². The van der Waals surface area contributed by atoms with Gasteiger partial charge in [-0.25, -0.2) is 4.79 Å². The van der Waals surface area contributed by atoms with Gasteiger partial charge in [0.2, 0.25) is 11.5 Å². The molecule has 172 valence electrons. The van der Waals surface area contributed by atoms with Crippen LogP contribution >= 0.6 is 0 Å². The lowest BCUT2D eigenvalue weighted by molar-refractivity contribution is -0.133. The van der Waals surface area contributed by atoms with Crippen molar-refractivity contribution >= 4 is 22.6 Å². The summed E-state index contributed by atoms with van der Waals surface area (Å²) >= 11 is 0. The summed E-state index contributed by atoms with van der Waals surface area (Å²) < 4.78 is 5.38. The number of fused-ring (bicyclic) bond motifs is 1. The number of aliphatic hydroxyl groups is 1. The lowest BCUT2D eigenvalue weighted by Gasteiger charge is -2.28. The van der Waals surface area contributed by atoms with Gasteiger partial charge in [0, 0.05) is 37.5 Å². The average molecular weight is 451 g/mol. The molecular weight excluding hydrogens is 426 g/mol. The largest absolute Gasteiger partial charge is 0.417 e. The van der Waals surface area contributed by atoms with E-state index in [0.29, 0.717) is 34.9 Å². The van der Waals surface area contributed by atoms with E-state index in [9.17, 15) is 24.3 Å². The summed E-state index contributed by atoms with van der Waals surface area (Å²) in [4.78, 5) is 55.4. The van der Waals surface area contributed by atoms with E-state index < -0.39 is 11.5 Å². The van der Waals surface area contributed by atoms with Gasteiger partial charge < -0.3 is 24.3 Å². The average Bonchev–Trinajstić information content (AvgIpc) is 3.30. The van der Waals surface area contributed by atoms with E-state index in [4.69, 9.17) is 4.42 Å². The Balaban J connectivity index is 1.52. The lowest BCUT2D eigenvalue weighted by Crippen LogP contribution is -2.45. The van der Waals surface area contributed by atoms with Crippen LogP contribution in [-0.4, -0.2) is 64.0 Å². The molecule has 0 aliphatic carbocycles. The van der Waals surface area contributed by atoms with E-state index in [1.165, 1.54) is 12.3 Å². The topological polar surface area (TPSA) is 124 Å². The molecule has 1 atom stereocenters. The summed E-state index contributed by atoms with van der Waals surface area (Å²) in [6.07, 6.45) is 2.10. The molecule has 1 saturated heterocycles. The third-order valence-electron chi connectivity index (χ3n) is 6.04. The van der Waals surface area contributed by atoms with Gasteiger partial charge in [0.15, 0.2) is 5.76 Å². The van der Waals surface area contributed by atoms with Crippen LogP contribution in [-0.2, 0) is 11.2 Å². The van der Waals surface area contributed by atoms with Crippen molar-refractivity contribution in [1.82, 2.24) is 14.8 Å². The molecule has 1 aliphatic heterocycles. The summed E-state index contributed by atoms with van der Waals surface area (Å²) in [6.45, 7) is 2.34. The first-order valence-corrected chi connectivity index (χ1v) is 10.8. The Hall–Kier alpha value is -3.72. The smallest absolute Gasteiger partial charge is 0.344 e. The zero-order chi connectivity index (χ0) is 23.5. The van der Waals surface area contributed by atoms with Crippen LogP contribution < -0.4 is 11.2 Å². The van der Waals surface area contributed by atoms with E-state index in [-0.39, 0.29) is 49.4 Å². The molecule has 33 heavy (non-hydrogen) atoms. The minimum atomic E-state index is -0.562. The number of nitrogens with one attached hydrogen (secondary N) is 1. The number of aromatic amines is 1. The van der Waals surface area contributed by atoms with Crippen molar-refractivity contribution in [3.05, 3.63) is 80.3 Å². The molecular formula is C24H25N3O6. The quantitative estimate of drug-likeness (QED) is 0.578. The van der Waals surface area contributed by atoms with Crippen LogP contribution in [0.15, 0.2) is 56.6 Å². The van der Waals surface area contributed by atoms with Crippen LogP contribution in [0.1, 0.15) is 28.1 Å². The number of aromatic nitrogens is 1. The van der Waals surface area contributed by atoms with E-state index in [0.717, 1.165) is 0 Å². The molecule has 3 aromatic rings. The van der Waals surface area contributed by atoms with Crippen LogP contribution in [0.25, 0.3) is 10.8 Å². The van der Waals surface area contributed by atoms with Gasteiger partial charge in [0.05, 0.1) is 24.5 Å². The van der Waals surface area contributed by atoms with Crippen molar-refractivity contribution in [3.63, 3.8) is 0 Å². The standard InChI is InChI=1S/C24H25N3O6/c1-15-18-4-2-3-5-19(18)24(32)33-22(15)23(31)26-9-8-17(14-26)27(10-11-28)21(30)12-16-6-7-20(29)25-13-16/h2-7,13,17,28H,8-12,14H2,1H3,(H,25,29). The molecule has 0 bridgehead atoms. The zero-order valence-corrected chi connectivity index (χ0v) is 18.2. The van der Waals surface area contributed by atoms with Gasteiger partial charge in [-0.3, -0.25) is 14.4 Å². The molecule has 2 aromatic heterocycles. The molecule has 9 heteroatoms. The highest BCUT2D eigenvalue weighted by atomic mass is 16.4. The van der Waals surface area contributed by atoms with Crippen molar-refractivity contribution in [2.24, 2.45) is 0 Å². The first kappa shape index (κ1) is 22.5. The maximum atomic E-state index is 13.2. The molecule has 0 radical (unpaired) electrons. The van der Waals surface area contributed by atoms with Gasteiger partial charge in [-0.05, 0) is 30.4 Å². The van der Waals surface area contributed by atoms with Crippen LogP contribution in [0.2, 0.25) is 0 Å². The number of aliphatic hydroxyl groups excluding tert-OH is 1. The van der Waals surface area contributed by atoms with Crippen molar-refractivity contribution in [2.45, 2.75) is 25.8 Å². The SMILES string of the molecule is Cc1c(C(=O)N2CCC(N(CCO)C(=O)Cc3ccc(=O)[nH]c3)C2)oc(=O)c2ccccc12. The first-order valence-electron chi connectivity index (χ1n) is 10.8. The molecule has 0 spiro atoms. The second-order valence-electron chi connectivity index (χ2n) is 8.13. The fourth-order valence-electron chi connectivity index (χ4n) is 4.31. The summed E-state index contributed by atoms with van der Waals surface area (Å²) in [5, 5.41) is 10.6. The summed E-state index contributed by atoms with van der Waals surface area (Å²) in [7, 11) is 0. The lowest BCUT2D eigenvalue weighted by atomic mass is 10.1. The molecule has 1 unspecified atom stereocenters. The van der Waals surface area contributed by atoms with Crippen LogP contribution in [0.3, 0.4) is 0 Å². The highest BCUT2D eigenvalue weighted by Gasteiger charge is 2.34. The van der Waals surface area contributed by atoms with Crippen LogP contribution in [0.4, 0.5) is 0 Å². The van der Waals surface area contributed by atoms with Gasteiger partial charge >= 0.3 is 5.63 Å². The Morgan fingerprint density at radius 3 is 2.64 bits per heavy atom. The highest BCUT2D eigenvalue weighted by molar-refractivity contribution is 5.98. The monoisotopic (exact) mass is 451 g/mol. The molecule has 4 rings (SSSR count). The summed E-state index contributed by atoms with van der Waals surface area (Å²) in [5.74, 6) is -0.591. The number of H-pyrrole nitrogens is 1. The van der Waals surface area contributed by atoms with Crippen molar-refractivity contribution in [2.75, 3.05) is 26.2 Å². The fraction of sp³-hybridized carbons (Fsp3) is 0.333. The normalized spacial score (nSPS) is 15.7. The third kappa shape index (κ3) is 4.58. The maximum Gasteiger partial charge on any atom is 0.344 e. The Bertz CT molecular complexity index is 1290. The maximum absolute atomic E-state index is 13.2. The predicted octanol–water partition coefficient (Wildman–Crippen LogP) is 1.07. The second-order valence-corrected chi connectivity index (χ2v) is 8.13. The number of pyridine rings is 1. The number of benzene rings is 1. The number of carbonyl (C=O) groups is 2. The number of hydrogen-bond donors (Lipinski definition) is 2. The van der Waals surface area contributed by atoms with E-state index in [1.54, 1.807) is 47.1 Å². The Morgan fingerprint density at radius 2 is 1.94 bits per heavy atom.